The van der Waals surface area contributed by atoms with Crippen LogP contribution in [-0.4, -0.2) is 36.5 Å². The molecule has 0 bridgehead atoms. The van der Waals surface area contributed by atoms with Gasteiger partial charge in [0.25, 0.3) is 0 Å². The van der Waals surface area contributed by atoms with Crippen LogP contribution in [0.3, 0.4) is 0 Å². The van der Waals surface area contributed by atoms with Crippen molar-refractivity contribution in [3.05, 3.63) is 22.4 Å². The molecule has 0 saturated carbocycles. The Morgan fingerprint density at radius 3 is 2.78 bits per heavy atom. The molecule has 0 spiro atoms. The van der Waals surface area contributed by atoms with Gasteiger partial charge in [0.15, 0.2) is 0 Å². The van der Waals surface area contributed by atoms with Crippen molar-refractivity contribution in [3.63, 3.8) is 0 Å². The standard InChI is InChI=1S/C14H24N2OS/c1-5-11(2)15-10-14(17)16(4)12(3)9-13-7-6-8-18-13/h6-8,11-12,15H,5,9-10H2,1-4H3. The average molecular weight is 268 g/mol. The predicted octanol–water partition coefficient (Wildman–Crippen LogP) is 2.53. The molecule has 0 aliphatic rings. The molecule has 0 aliphatic carbocycles. The summed E-state index contributed by atoms with van der Waals surface area (Å²) < 4.78 is 0. The number of rotatable bonds is 7. The predicted molar refractivity (Wildman–Crippen MR) is 78.0 cm³/mol. The van der Waals surface area contributed by atoms with Crippen molar-refractivity contribution in [2.24, 2.45) is 0 Å². The van der Waals surface area contributed by atoms with E-state index in [1.54, 1.807) is 11.3 Å². The van der Waals surface area contributed by atoms with Crippen molar-refractivity contribution < 1.29 is 4.79 Å². The van der Waals surface area contributed by atoms with Crippen molar-refractivity contribution >= 4 is 17.2 Å². The zero-order chi connectivity index (χ0) is 13.5. The molecule has 1 rings (SSSR count). The summed E-state index contributed by atoms with van der Waals surface area (Å²) in [7, 11) is 1.89. The molecule has 1 heterocycles. The smallest absolute Gasteiger partial charge is 0.236 e. The molecule has 1 aromatic rings. The van der Waals surface area contributed by atoms with Gasteiger partial charge in [-0.15, -0.1) is 11.3 Å². The lowest BCUT2D eigenvalue weighted by molar-refractivity contribution is -0.130. The summed E-state index contributed by atoms with van der Waals surface area (Å²) in [5, 5.41) is 5.32. The second-order valence-corrected chi connectivity index (χ2v) is 5.86. The van der Waals surface area contributed by atoms with Crippen LogP contribution in [0.2, 0.25) is 0 Å². The molecule has 102 valence electrons. The first-order valence-electron chi connectivity index (χ1n) is 6.56. The van der Waals surface area contributed by atoms with Crippen LogP contribution in [0.5, 0.6) is 0 Å². The summed E-state index contributed by atoms with van der Waals surface area (Å²) in [4.78, 5) is 15.2. The number of likely N-dealkylation sites (N-methyl/N-ethyl adjacent to an activating group) is 1. The Balaban J connectivity index is 2.38. The van der Waals surface area contributed by atoms with E-state index in [0.717, 1.165) is 12.8 Å². The molecular formula is C14H24N2OS. The van der Waals surface area contributed by atoms with E-state index in [1.165, 1.54) is 4.88 Å². The van der Waals surface area contributed by atoms with E-state index in [0.29, 0.717) is 12.6 Å². The third-order valence-electron chi connectivity index (χ3n) is 3.35. The van der Waals surface area contributed by atoms with E-state index >= 15 is 0 Å². The van der Waals surface area contributed by atoms with Crippen LogP contribution in [0.1, 0.15) is 32.1 Å². The SMILES string of the molecule is CCC(C)NCC(=O)N(C)C(C)Cc1cccs1. The maximum Gasteiger partial charge on any atom is 0.236 e. The Hall–Kier alpha value is -0.870. The monoisotopic (exact) mass is 268 g/mol. The third-order valence-corrected chi connectivity index (χ3v) is 4.24. The number of thiophene rings is 1. The van der Waals surface area contributed by atoms with Gasteiger partial charge < -0.3 is 10.2 Å². The van der Waals surface area contributed by atoms with Crippen molar-refractivity contribution in [3.8, 4) is 0 Å². The molecule has 0 radical (unpaired) electrons. The van der Waals surface area contributed by atoms with Gasteiger partial charge in [-0.2, -0.15) is 0 Å². The minimum Gasteiger partial charge on any atom is -0.342 e. The van der Waals surface area contributed by atoms with Crippen LogP contribution in [-0.2, 0) is 11.2 Å². The van der Waals surface area contributed by atoms with Crippen molar-refractivity contribution in [2.75, 3.05) is 13.6 Å². The van der Waals surface area contributed by atoms with Crippen molar-refractivity contribution in [2.45, 2.75) is 45.7 Å². The second-order valence-electron chi connectivity index (χ2n) is 4.83. The molecule has 0 fully saturated rings. The molecule has 2 unspecified atom stereocenters. The normalized spacial score (nSPS) is 14.2. The molecule has 0 saturated heterocycles. The number of carbonyl (C=O) groups excluding carboxylic acids is 1. The number of nitrogens with zero attached hydrogens (tertiary/aromatic N) is 1. The fraction of sp³-hybridized carbons (Fsp3) is 0.643. The highest BCUT2D eigenvalue weighted by Crippen LogP contribution is 2.13. The molecule has 0 aliphatic heterocycles. The minimum atomic E-state index is 0.166. The molecule has 4 heteroatoms. The van der Waals surface area contributed by atoms with Crippen molar-refractivity contribution in [1.29, 1.82) is 0 Å². The van der Waals surface area contributed by atoms with Crippen LogP contribution >= 0.6 is 11.3 Å². The molecule has 18 heavy (non-hydrogen) atoms. The van der Waals surface area contributed by atoms with Gasteiger partial charge >= 0.3 is 0 Å². The van der Waals surface area contributed by atoms with Crippen LogP contribution in [0.4, 0.5) is 0 Å². The largest absolute Gasteiger partial charge is 0.342 e. The molecular weight excluding hydrogens is 244 g/mol. The molecule has 1 N–H and O–H groups in total. The van der Waals surface area contributed by atoms with Crippen molar-refractivity contribution in [1.82, 2.24) is 10.2 Å². The van der Waals surface area contributed by atoms with E-state index in [9.17, 15) is 4.79 Å². The highest BCUT2D eigenvalue weighted by molar-refractivity contribution is 7.09. The lowest BCUT2D eigenvalue weighted by Gasteiger charge is -2.25. The Kier molecular flexibility index (Phi) is 6.36. The number of nitrogens with one attached hydrogen (secondary N) is 1. The zero-order valence-electron chi connectivity index (χ0n) is 11.8. The summed E-state index contributed by atoms with van der Waals surface area (Å²) in [5.74, 6) is 0.166. The fourth-order valence-electron chi connectivity index (χ4n) is 1.63. The van der Waals surface area contributed by atoms with E-state index in [-0.39, 0.29) is 11.9 Å². The van der Waals surface area contributed by atoms with Gasteiger partial charge in [-0.1, -0.05) is 13.0 Å². The summed E-state index contributed by atoms with van der Waals surface area (Å²) in [6, 6.07) is 4.82. The quantitative estimate of drug-likeness (QED) is 0.824. The lowest BCUT2D eigenvalue weighted by atomic mass is 10.2. The second kappa shape index (κ2) is 7.54. The molecule has 0 aromatic carbocycles. The van der Waals surface area contributed by atoms with Crippen LogP contribution in [0, 0.1) is 0 Å². The maximum absolute atomic E-state index is 12.0. The minimum absolute atomic E-state index is 0.166. The maximum atomic E-state index is 12.0. The Bertz CT molecular complexity index is 351. The van der Waals surface area contributed by atoms with Gasteiger partial charge in [-0.25, -0.2) is 0 Å². The summed E-state index contributed by atoms with van der Waals surface area (Å²) in [6.45, 7) is 6.74. The molecule has 3 nitrogen and oxygen atoms in total. The van der Waals surface area contributed by atoms with Crippen LogP contribution in [0.25, 0.3) is 0 Å². The average Bonchev–Trinajstić information content (AvgIpc) is 2.87. The van der Waals surface area contributed by atoms with E-state index in [4.69, 9.17) is 0 Å². The summed E-state index contributed by atoms with van der Waals surface area (Å²) in [5.41, 5.74) is 0. The Morgan fingerprint density at radius 1 is 1.50 bits per heavy atom. The zero-order valence-corrected chi connectivity index (χ0v) is 12.6. The summed E-state index contributed by atoms with van der Waals surface area (Å²) in [6.07, 6.45) is 1.98. The van der Waals surface area contributed by atoms with E-state index in [1.807, 2.05) is 11.9 Å². The van der Waals surface area contributed by atoms with Crippen LogP contribution in [0.15, 0.2) is 17.5 Å². The number of hydrogen-bond donors (Lipinski definition) is 1. The van der Waals surface area contributed by atoms with E-state index in [2.05, 4.69) is 43.6 Å². The first kappa shape index (κ1) is 15.2. The van der Waals surface area contributed by atoms with Gasteiger partial charge in [0.2, 0.25) is 5.91 Å². The van der Waals surface area contributed by atoms with Gasteiger partial charge in [0, 0.05) is 30.4 Å². The number of hydrogen-bond acceptors (Lipinski definition) is 3. The lowest BCUT2D eigenvalue weighted by Crippen LogP contribution is -2.43. The molecule has 2 atom stereocenters. The number of carbonyl (C=O) groups is 1. The van der Waals surface area contributed by atoms with Gasteiger partial charge in [0.05, 0.1) is 6.54 Å². The van der Waals surface area contributed by atoms with Gasteiger partial charge in [0.1, 0.15) is 0 Å². The Labute approximate surface area is 114 Å². The van der Waals surface area contributed by atoms with Crippen LogP contribution < -0.4 is 5.32 Å². The fourth-order valence-corrected chi connectivity index (χ4v) is 2.46. The van der Waals surface area contributed by atoms with E-state index < -0.39 is 0 Å². The first-order chi connectivity index (χ1) is 8.54. The topological polar surface area (TPSA) is 32.3 Å². The Morgan fingerprint density at radius 2 is 2.22 bits per heavy atom. The third kappa shape index (κ3) is 4.78. The summed E-state index contributed by atoms with van der Waals surface area (Å²) >= 11 is 1.75. The van der Waals surface area contributed by atoms with Gasteiger partial charge in [-0.05, 0) is 31.7 Å². The number of amides is 1. The van der Waals surface area contributed by atoms with Gasteiger partial charge in [-0.3, -0.25) is 4.79 Å². The molecule has 1 aromatic heterocycles. The highest BCUT2D eigenvalue weighted by Gasteiger charge is 2.16. The highest BCUT2D eigenvalue weighted by atomic mass is 32.1. The first-order valence-corrected chi connectivity index (χ1v) is 7.44. The molecule has 1 amide bonds.